The molecule has 7 heteroatoms. The molecular formula is C26H27NO6. The number of esters is 1. The molecule has 0 amide bonds. The van der Waals surface area contributed by atoms with Gasteiger partial charge in [0, 0.05) is 22.9 Å². The Bertz CT molecular complexity index is 1110. The molecule has 1 atom stereocenters. The highest BCUT2D eigenvalue weighted by atomic mass is 16.5. The van der Waals surface area contributed by atoms with E-state index in [1.165, 1.54) is 45.7 Å². The fourth-order valence-electron chi connectivity index (χ4n) is 3.72. The Kier molecular flexibility index (Phi) is 7.35. The standard InChI is InChI=1S/C26H27NO6/c1-17(27-16-19-15-18(25(29)33-4)13-14-22(19)28)26(30,20-9-5-7-11-23(20)31-2)21-10-6-8-12-24(21)32-3/h5-17,28,30H,1-4H3/t17-/m1/s1. The van der Waals surface area contributed by atoms with Crippen molar-refractivity contribution < 1.29 is 29.2 Å². The molecule has 0 radical (unpaired) electrons. The van der Waals surface area contributed by atoms with Crippen LogP contribution in [-0.4, -0.2) is 49.8 Å². The van der Waals surface area contributed by atoms with E-state index < -0.39 is 17.6 Å². The summed E-state index contributed by atoms with van der Waals surface area (Å²) in [6.45, 7) is 1.75. The lowest BCUT2D eigenvalue weighted by Crippen LogP contribution is -2.38. The number of phenols is 1. The second-order valence-corrected chi connectivity index (χ2v) is 7.39. The third-order valence-corrected chi connectivity index (χ3v) is 5.53. The first-order chi connectivity index (χ1) is 15.9. The molecule has 7 nitrogen and oxygen atoms in total. The minimum absolute atomic E-state index is 0.0586. The quantitative estimate of drug-likeness (QED) is 0.399. The maximum atomic E-state index is 12.2. The summed E-state index contributed by atoms with van der Waals surface area (Å²) in [5.41, 5.74) is -0.0321. The summed E-state index contributed by atoms with van der Waals surface area (Å²) >= 11 is 0. The van der Waals surface area contributed by atoms with Crippen molar-refractivity contribution in [1.82, 2.24) is 0 Å². The van der Waals surface area contributed by atoms with Crippen molar-refractivity contribution >= 4 is 12.2 Å². The van der Waals surface area contributed by atoms with E-state index in [2.05, 4.69) is 4.99 Å². The largest absolute Gasteiger partial charge is 0.507 e. The number of aliphatic hydroxyl groups is 1. The normalized spacial score (nSPS) is 12.4. The summed E-state index contributed by atoms with van der Waals surface area (Å²) < 4.78 is 15.8. The number of ether oxygens (including phenoxy) is 3. The van der Waals surface area contributed by atoms with Crippen molar-refractivity contribution in [3.05, 3.63) is 89.0 Å². The van der Waals surface area contributed by atoms with Crippen molar-refractivity contribution in [3.63, 3.8) is 0 Å². The van der Waals surface area contributed by atoms with E-state index in [-0.39, 0.29) is 11.3 Å². The van der Waals surface area contributed by atoms with E-state index in [9.17, 15) is 15.0 Å². The molecule has 0 unspecified atom stereocenters. The molecular weight excluding hydrogens is 422 g/mol. The van der Waals surface area contributed by atoms with Gasteiger partial charge in [-0.1, -0.05) is 36.4 Å². The Balaban J connectivity index is 2.13. The molecule has 3 aromatic carbocycles. The van der Waals surface area contributed by atoms with Crippen LogP contribution in [0.4, 0.5) is 0 Å². The van der Waals surface area contributed by atoms with Crippen LogP contribution >= 0.6 is 0 Å². The van der Waals surface area contributed by atoms with Crippen LogP contribution in [0, 0.1) is 0 Å². The zero-order valence-electron chi connectivity index (χ0n) is 19.0. The minimum atomic E-state index is -1.63. The molecule has 0 aliphatic rings. The van der Waals surface area contributed by atoms with Gasteiger partial charge in [0.2, 0.25) is 0 Å². The summed E-state index contributed by atoms with van der Waals surface area (Å²) in [5.74, 6) is 0.390. The molecule has 3 rings (SSSR count). The highest BCUT2D eigenvalue weighted by molar-refractivity contribution is 5.93. The van der Waals surface area contributed by atoms with Gasteiger partial charge in [-0.05, 0) is 37.3 Å². The van der Waals surface area contributed by atoms with E-state index in [0.29, 0.717) is 28.2 Å². The molecule has 172 valence electrons. The van der Waals surface area contributed by atoms with Crippen LogP contribution in [0.2, 0.25) is 0 Å². The summed E-state index contributed by atoms with van der Waals surface area (Å²) in [6.07, 6.45) is 1.42. The van der Waals surface area contributed by atoms with Gasteiger partial charge in [0.05, 0.1) is 32.9 Å². The molecule has 0 fully saturated rings. The first-order valence-corrected chi connectivity index (χ1v) is 10.3. The summed E-state index contributed by atoms with van der Waals surface area (Å²) in [7, 11) is 4.35. The molecule has 0 saturated carbocycles. The van der Waals surface area contributed by atoms with Gasteiger partial charge in [0.15, 0.2) is 0 Å². The minimum Gasteiger partial charge on any atom is -0.507 e. The predicted molar refractivity (Wildman–Crippen MR) is 125 cm³/mol. The van der Waals surface area contributed by atoms with Crippen molar-refractivity contribution in [2.24, 2.45) is 4.99 Å². The van der Waals surface area contributed by atoms with E-state index in [4.69, 9.17) is 14.2 Å². The predicted octanol–water partition coefficient (Wildman–Crippen LogP) is 3.94. The highest BCUT2D eigenvalue weighted by Crippen LogP contribution is 2.43. The monoisotopic (exact) mass is 449 g/mol. The molecule has 0 saturated heterocycles. The Morgan fingerprint density at radius 2 is 1.48 bits per heavy atom. The lowest BCUT2D eigenvalue weighted by atomic mass is 9.80. The van der Waals surface area contributed by atoms with E-state index >= 15 is 0 Å². The van der Waals surface area contributed by atoms with Crippen LogP contribution in [0.15, 0.2) is 71.7 Å². The van der Waals surface area contributed by atoms with E-state index in [1.54, 1.807) is 43.3 Å². The Labute approximate surface area is 192 Å². The molecule has 0 aromatic heterocycles. The SMILES string of the molecule is COC(=O)c1ccc(O)c(C=N[C@H](C)C(O)(c2ccccc2OC)c2ccccc2OC)c1. The Hall–Kier alpha value is -3.84. The highest BCUT2D eigenvalue weighted by Gasteiger charge is 2.42. The molecule has 2 N–H and O–H groups in total. The number of phenolic OH excluding ortho intramolecular Hbond substituents is 1. The second-order valence-electron chi connectivity index (χ2n) is 7.39. The molecule has 0 bridgehead atoms. The zero-order valence-corrected chi connectivity index (χ0v) is 19.0. The van der Waals surface area contributed by atoms with Gasteiger partial charge in [-0.3, -0.25) is 4.99 Å². The number of hydrogen-bond acceptors (Lipinski definition) is 7. The Morgan fingerprint density at radius 1 is 0.939 bits per heavy atom. The molecule has 33 heavy (non-hydrogen) atoms. The molecule has 0 spiro atoms. The van der Waals surface area contributed by atoms with Crippen LogP contribution in [-0.2, 0) is 10.3 Å². The van der Waals surface area contributed by atoms with E-state index in [0.717, 1.165) is 0 Å². The van der Waals surface area contributed by atoms with Gasteiger partial charge < -0.3 is 24.4 Å². The average molecular weight is 450 g/mol. The number of aromatic hydroxyl groups is 1. The fraction of sp³-hybridized carbons (Fsp3) is 0.231. The summed E-state index contributed by atoms with van der Waals surface area (Å²) in [5, 5.41) is 22.4. The maximum absolute atomic E-state index is 12.2. The molecule has 0 aliphatic carbocycles. The van der Waals surface area contributed by atoms with Gasteiger partial charge in [0.1, 0.15) is 22.8 Å². The van der Waals surface area contributed by atoms with Crippen LogP contribution in [0.1, 0.15) is 34.0 Å². The number of aliphatic imine (C=N–C) groups is 1. The van der Waals surface area contributed by atoms with Gasteiger partial charge in [0.25, 0.3) is 0 Å². The van der Waals surface area contributed by atoms with Gasteiger partial charge in [-0.15, -0.1) is 0 Å². The molecule has 0 heterocycles. The molecule has 3 aromatic rings. The Morgan fingerprint density at radius 3 is 2.00 bits per heavy atom. The van der Waals surface area contributed by atoms with Crippen LogP contribution in [0.25, 0.3) is 0 Å². The van der Waals surface area contributed by atoms with Crippen molar-refractivity contribution in [3.8, 4) is 17.2 Å². The van der Waals surface area contributed by atoms with Crippen LogP contribution in [0.3, 0.4) is 0 Å². The summed E-state index contributed by atoms with van der Waals surface area (Å²) in [4.78, 5) is 16.4. The number of rotatable bonds is 8. The van der Waals surface area contributed by atoms with Gasteiger partial charge in [-0.2, -0.15) is 0 Å². The van der Waals surface area contributed by atoms with Crippen molar-refractivity contribution in [2.45, 2.75) is 18.6 Å². The van der Waals surface area contributed by atoms with Crippen LogP contribution < -0.4 is 9.47 Å². The second kappa shape index (κ2) is 10.2. The number of carbonyl (C=O) groups excluding carboxylic acids is 1. The molecule has 0 aliphatic heterocycles. The first-order valence-electron chi connectivity index (χ1n) is 10.3. The fourth-order valence-corrected chi connectivity index (χ4v) is 3.72. The summed E-state index contributed by atoms with van der Waals surface area (Å²) in [6, 6.07) is 17.9. The lowest BCUT2D eigenvalue weighted by molar-refractivity contribution is 0.0537. The van der Waals surface area contributed by atoms with Gasteiger partial charge >= 0.3 is 5.97 Å². The lowest BCUT2D eigenvalue weighted by Gasteiger charge is -2.35. The smallest absolute Gasteiger partial charge is 0.337 e. The third kappa shape index (κ3) is 4.68. The number of methoxy groups -OCH3 is 3. The topological polar surface area (TPSA) is 97.6 Å². The number of hydrogen-bond donors (Lipinski definition) is 2. The maximum Gasteiger partial charge on any atom is 0.337 e. The number of para-hydroxylation sites is 2. The third-order valence-electron chi connectivity index (χ3n) is 5.53. The van der Waals surface area contributed by atoms with E-state index in [1.807, 2.05) is 12.1 Å². The average Bonchev–Trinajstić information content (AvgIpc) is 2.86. The number of benzene rings is 3. The van der Waals surface area contributed by atoms with Gasteiger partial charge in [-0.25, -0.2) is 4.79 Å². The first kappa shape index (κ1) is 23.8. The van der Waals surface area contributed by atoms with Crippen LogP contribution in [0.5, 0.6) is 17.2 Å². The van der Waals surface area contributed by atoms with Crippen molar-refractivity contribution in [1.29, 1.82) is 0 Å². The number of nitrogens with zero attached hydrogens (tertiary/aromatic N) is 1. The number of carbonyl (C=O) groups is 1. The zero-order chi connectivity index (χ0) is 24.0. The van der Waals surface area contributed by atoms with Crippen molar-refractivity contribution in [2.75, 3.05) is 21.3 Å².